The Labute approximate surface area is 175 Å². The van der Waals surface area contributed by atoms with Gasteiger partial charge in [0.2, 0.25) is 5.91 Å². The van der Waals surface area contributed by atoms with Crippen LogP contribution in [0.3, 0.4) is 0 Å². The van der Waals surface area contributed by atoms with Crippen molar-refractivity contribution in [3.8, 4) is 0 Å². The number of carbonyl (C=O) groups is 2. The van der Waals surface area contributed by atoms with E-state index < -0.39 is 17.9 Å². The van der Waals surface area contributed by atoms with E-state index in [1.165, 1.54) is 0 Å². The number of amides is 2. The molecule has 2 amide bonds. The molecule has 0 aliphatic carbocycles. The maximum absolute atomic E-state index is 13.0. The van der Waals surface area contributed by atoms with E-state index in [2.05, 4.69) is 10.4 Å². The van der Waals surface area contributed by atoms with Crippen LogP contribution in [0.25, 0.3) is 10.9 Å². The Hall–Kier alpha value is -3.19. The Morgan fingerprint density at radius 3 is 2.63 bits per heavy atom. The van der Waals surface area contributed by atoms with Gasteiger partial charge in [0.15, 0.2) is 5.69 Å². The van der Waals surface area contributed by atoms with E-state index in [9.17, 15) is 9.59 Å². The second-order valence-corrected chi connectivity index (χ2v) is 7.65. The minimum Gasteiger partial charge on any atom is -0.376 e. The van der Waals surface area contributed by atoms with E-state index in [1.54, 1.807) is 0 Å². The van der Waals surface area contributed by atoms with Crippen LogP contribution in [0.5, 0.6) is 0 Å². The third-order valence-electron chi connectivity index (χ3n) is 5.46. The largest absolute Gasteiger partial charge is 0.376 e. The summed E-state index contributed by atoms with van der Waals surface area (Å²) in [6.07, 6.45) is 3.62. The number of nitrogens with zero attached hydrogens (tertiary/aromatic N) is 2. The lowest BCUT2D eigenvalue weighted by atomic mass is 10.1. The predicted molar refractivity (Wildman–Crippen MR) is 114 cm³/mol. The smallest absolute Gasteiger partial charge is 0.273 e. The monoisotopic (exact) mass is 406 g/mol. The zero-order valence-corrected chi connectivity index (χ0v) is 16.8. The van der Waals surface area contributed by atoms with Crippen LogP contribution in [-0.2, 0) is 22.5 Å². The molecule has 4 rings (SSSR count). The molecule has 7 nitrogen and oxygen atoms in total. The number of ether oxygens (including phenoxy) is 1. The summed E-state index contributed by atoms with van der Waals surface area (Å²) >= 11 is 0. The van der Waals surface area contributed by atoms with Gasteiger partial charge in [-0.15, -0.1) is 0 Å². The molecule has 156 valence electrons. The molecule has 2 atom stereocenters. The SMILES string of the molecule is NC(=O)C(Cc1ccccc1)NC(=O)c1nn(CC2CCCCO2)c2ccccc12. The summed E-state index contributed by atoms with van der Waals surface area (Å²) in [5.74, 6) is -0.985. The second kappa shape index (κ2) is 9.09. The first-order chi connectivity index (χ1) is 14.6. The summed E-state index contributed by atoms with van der Waals surface area (Å²) in [7, 11) is 0. The summed E-state index contributed by atoms with van der Waals surface area (Å²) in [4.78, 5) is 25.0. The van der Waals surface area contributed by atoms with Gasteiger partial charge in [-0.1, -0.05) is 48.5 Å². The molecular weight excluding hydrogens is 380 g/mol. The first kappa shape index (κ1) is 20.1. The molecule has 1 fully saturated rings. The molecule has 1 saturated heterocycles. The summed E-state index contributed by atoms with van der Waals surface area (Å²) in [6, 6.07) is 16.3. The topological polar surface area (TPSA) is 99.2 Å². The zero-order chi connectivity index (χ0) is 20.9. The molecule has 3 N–H and O–H groups in total. The molecular formula is C23H26N4O3. The molecule has 2 aromatic carbocycles. The average Bonchev–Trinajstić information content (AvgIpc) is 3.13. The lowest BCUT2D eigenvalue weighted by molar-refractivity contribution is -0.119. The van der Waals surface area contributed by atoms with E-state index in [-0.39, 0.29) is 6.10 Å². The summed E-state index contributed by atoms with van der Waals surface area (Å²) in [5.41, 5.74) is 7.64. The lowest BCUT2D eigenvalue weighted by Gasteiger charge is -2.22. The highest BCUT2D eigenvalue weighted by Crippen LogP contribution is 2.21. The fourth-order valence-electron chi connectivity index (χ4n) is 3.88. The Morgan fingerprint density at radius 1 is 1.13 bits per heavy atom. The Balaban J connectivity index is 1.56. The highest BCUT2D eigenvalue weighted by atomic mass is 16.5. The average molecular weight is 406 g/mol. The number of nitrogens with one attached hydrogen (secondary N) is 1. The highest BCUT2D eigenvalue weighted by Gasteiger charge is 2.24. The van der Waals surface area contributed by atoms with Crippen molar-refractivity contribution in [2.75, 3.05) is 6.61 Å². The summed E-state index contributed by atoms with van der Waals surface area (Å²) in [6.45, 7) is 1.36. The van der Waals surface area contributed by atoms with Gasteiger partial charge in [-0.2, -0.15) is 5.10 Å². The predicted octanol–water partition coefficient (Wildman–Crippen LogP) is 2.43. The normalized spacial score (nSPS) is 17.5. The van der Waals surface area contributed by atoms with Gasteiger partial charge in [-0.05, 0) is 30.9 Å². The minimum atomic E-state index is -0.814. The zero-order valence-electron chi connectivity index (χ0n) is 16.8. The number of rotatable bonds is 7. The second-order valence-electron chi connectivity index (χ2n) is 7.65. The van der Waals surface area contributed by atoms with Gasteiger partial charge in [-0.3, -0.25) is 14.3 Å². The molecule has 0 saturated carbocycles. The number of hydrogen-bond donors (Lipinski definition) is 2. The van der Waals surface area contributed by atoms with Crippen molar-refractivity contribution in [1.29, 1.82) is 0 Å². The fraction of sp³-hybridized carbons (Fsp3) is 0.348. The van der Waals surface area contributed by atoms with Gasteiger partial charge >= 0.3 is 0 Å². The highest BCUT2D eigenvalue weighted by molar-refractivity contribution is 6.06. The van der Waals surface area contributed by atoms with Gasteiger partial charge in [0.25, 0.3) is 5.91 Å². The number of para-hydroxylation sites is 1. The first-order valence-corrected chi connectivity index (χ1v) is 10.3. The minimum absolute atomic E-state index is 0.0921. The van der Waals surface area contributed by atoms with Crippen molar-refractivity contribution in [3.05, 3.63) is 65.9 Å². The molecule has 7 heteroatoms. The molecule has 2 unspecified atom stereocenters. The molecule has 1 aromatic heterocycles. The Bertz CT molecular complexity index is 1030. The summed E-state index contributed by atoms with van der Waals surface area (Å²) < 4.78 is 7.67. The standard InChI is InChI=1S/C23H26N4O3/c24-22(28)19(14-16-8-2-1-3-9-16)25-23(29)21-18-11-4-5-12-20(18)27(26-21)15-17-10-6-7-13-30-17/h1-5,8-9,11-12,17,19H,6-7,10,13-15H2,(H2,24,28)(H,25,29). The van der Waals surface area contributed by atoms with Crippen molar-refractivity contribution < 1.29 is 14.3 Å². The number of carbonyl (C=O) groups excluding carboxylic acids is 2. The van der Waals surface area contributed by atoms with Crippen molar-refractivity contribution >= 4 is 22.7 Å². The van der Waals surface area contributed by atoms with Crippen LogP contribution in [0.2, 0.25) is 0 Å². The van der Waals surface area contributed by atoms with Crippen LogP contribution in [0.15, 0.2) is 54.6 Å². The van der Waals surface area contributed by atoms with Crippen molar-refractivity contribution in [3.63, 3.8) is 0 Å². The van der Waals surface area contributed by atoms with E-state index in [0.717, 1.165) is 42.3 Å². The number of nitrogens with two attached hydrogens (primary N) is 1. The van der Waals surface area contributed by atoms with Crippen LogP contribution in [0, 0.1) is 0 Å². The van der Waals surface area contributed by atoms with Crippen LogP contribution in [0.4, 0.5) is 0 Å². The van der Waals surface area contributed by atoms with Crippen LogP contribution in [0.1, 0.15) is 35.3 Å². The maximum atomic E-state index is 13.0. The third kappa shape index (κ3) is 4.52. The van der Waals surface area contributed by atoms with Crippen molar-refractivity contribution in [1.82, 2.24) is 15.1 Å². The first-order valence-electron chi connectivity index (χ1n) is 10.3. The van der Waals surface area contributed by atoms with E-state index in [0.29, 0.717) is 18.7 Å². The fourth-order valence-corrected chi connectivity index (χ4v) is 3.88. The van der Waals surface area contributed by atoms with Crippen LogP contribution >= 0.6 is 0 Å². The van der Waals surface area contributed by atoms with E-state index in [4.69, 9.17) is 10.5 Å². The van der Waals surface area contributed by atoms with Crippen molar-refractivity contribution in [2.24, 2.45) is 5.73 Å². The Morgan fingerprint density at radius 2 is 1.90 bits per heavy atom. The number of benzene rings is 2. The number of fused-ring (bicyclic) bond motifs is 1. The van der Waals surface area contributed by atoms with Gasteiger partial charge in [0, 0.05) is 18.4 Å². The van der Waals surface area contributed by atoms with Gasteiger partial charge in [0.1, 0.15) is 6.04 Å². The van der Waals surface area contributed by atoms with Gasteiger partial charge in [-0.25, -0.2) is 0 Å². The molecule has 3 aromatic rings. The van der Waals surface area contributed by atoms with Crippen LogP contribution < -0.4 is 11.1 Å². The van der Waals surface area contributed by atoms with E-state index in [1.807, 2.05) is 59.3 Å². The number of primary amides is 1. The summed E-state index contributed by atoms with van der Waals surface area (Å²) in [5, 5.41) is 8.09. The molecule has 0 radical (unpaired) electrons. The molecule has 1 aliphatic rings. The third-order valence-corrected chi connectivity index (χ3v) is 5.46. The quantitative estimate of drug-likeness (QED) is 0.629. The molecule has 1 aliphatic heterocycles. The van der Waals surface area contributed by atoms with Gasteiger partial charge in [0.05, 0.1) is 18.2 Å². The lowest BCUT2D eigenvalue weighted by Crippen LogP contribution is -2.46. The van der Waals surface area contributed by atoms with Crippen molar-refractivity contribution in [2.45, 2.75) is 44.4 Å². The molecule has 2 heterocycles. The molecule has 0 spiro atoms. The molecule has 0 bridgehead atoms. The maximum Gasteiger partial charge on any atom is 0.273 e. The Kier molecular flexibility index (Phi) is 6.09. The number of hydrogen-bond acceptors (Lipinski definition) is 4. The van der Waals surface area contributed by atoms with Gasteiger partial charge < -0.3 is 15.8 Å². The van der Waals surface area contributed by atoms with Crippen LogP contribution in [-0.4, -0.2) is 40.3 Å². The van der Waals surface area contributed by atoms with E-state index >= 15 is 0 Å². The number of aromatic nitrogens is 2. The molecule has 30 heavy (non-hydrogen) atoms.